The maximum absolute atomic E-state index is 14.9. The lowest BCUT2D eigenvalue weighted by molar-refractivity contribution is -0.142. The highest BCUT2D eigenvalue weighted by Crippen LogP contribution is 2.71. The van der Waals surface area contributed by atoms with Gasteiger partial charge in [-0.2, -0.15) is 13.2 Å². The van der Waals surface area contributed by atoms with Crippen LogP contribution in [0.2, 0.25) is 0 Å². The zero-order chi connectivity index (χ0) is 47.1. The number of nitrogens with zero attached hydrogens (tertiary/aromatic N) is 3. The molecule has 0 spiro atoms. The topological polar surface area (TPSA) is 181 Å². The number of fused-ring (bicyclic) bond motifs is 1. The number of likely N-dealkylation sites (tertiary alicyclic amines) is 1. The van der Waals surface area contributed by atoms with Gasteiger partial charge in [-0.1, -0.05) is 45.0 Å². The van der Waals surface area contributed by atoms with E-state index in [0.717, 1.165) is 25.0 Å². The minimum Gasteiger partial charge on any atom is -0.497 e. The number of pyridine rings is 1. The van der Waals surface area contributed by atoms with Crippen molar-refractivity contribution in [2.75, 3.05) is 19.0 Å². The average molecular weight is 941 g/mol. The molecule has 4 aromatic rings. The summed E-state index contributed by atoms with van der Waals surface area (Å²) in [6.07, 6.45) is -3.12. The number of amides is 3. The first-order valence-corrected chi connectivity index (χ1v) is 24.4. The molecule has 2 aliphatic carbocycles. The number of rotatable bonds is 15. The molecule has 0 radical (unpaired) electrons. The molecule has 7 rings (SSSR count). The maximum atomic E-state index is 14.9. The van der Waals surface area contributed by atoms with E-state index in [4.69, 9.17) is 24.2 Å². The second kappa shape index (κ2) is 18.6. The second-order valence-corrected chi connectivity index (χ2v) is 21.8. The van der Waals surface area contributed by atoms with Crippen molar-refractivity contribution in [3.63, 3.8) is 0 Å². The van der Waals surface area contributed by atoms with Crippen LogP contribution in [0.25, 0.3) is 22.3 Å². The molecule has 6 atom stereocenters. The van der Waals surface area contributed by atoms with Gasteiger partial charge in [0.05, 0.1) is 36.6 Å². The van der Waals surface area contributed by atoms with Crippen LogP contribution < -0.4 is 25.4 Å². The van der Waals surface area contributed by atoms with Gasteiger partial charge in [0.25, 0.3) is 0 Å². The number of anilines is 1. The Morgan fingerprint density at radius 3 is 2.43 bits per heavy atom. The average Bonchev–Trinajstić information content (AvgIpc) is 3.63. The quantitative estimate of drug-likeness (QED) is 0.0659. The van der Waals surface area contributed by atoms with Crippen molar-refractivity contribution in [1.82, 2.24) is 25.5 Å². The third-order valence-electron chi connectivity index (χ3n) is 12.2. The Labute approximate surface area is 380 Å². The number of hydrogen-bond acceptors (Lipinski definition) is 11. The Morgan fingerprint density at radius 2 is 1.78 bits per heavy atom. The normalized spacial score (nSPS) is 22.6. The Hall–Kier alpha value is -5.19. The van der Waals surface area contributed by atoms with E-state index in [1.54, 1.807) is 45.0 Å². The first-order valence-electron chi connectivity index (χ1n) is 21.7. The molecule has 3 heterocycles. The highest BCUT2D eigenvalue weighted by Gasteiger charge is 2.66. The zero-order valence-corrected chi connectivity index (χ0v) is 38.9. The van der Waals surface area contributed by atoms with Gasteiger partial charge < -0.3 is 40.0 Å². The van der Waals surface area contributed by atoms with Gasteiger partial charge in [0.2, 0.25) is 19.2 Å². The van der Waals surface area contributed by atoms with Crippen LogP contribution in [0.3, 0.4) is 0 Å². The predicted octanol–water partition coefficient (Wildman–Crippen LogP) is 9.13. The van der Waals surface area contributed by atoms with Gasteiger partial charge in [0, 0.05) is 41.3 Å². The minimum absolute atomic E-state index is 0.0652. The first-order chi connectivity index (χ1) is 30.6. The molecule has 4 N–H and O–H groups in total. The molecule has 14 nitrogen and oxygen atoms in total. The van der Waals surface area contributed by atoms with Gasteiger partial charge in [0.15, 0.2) is 5.13 Å². The summed E-state index contributed by atoms with van der Waals surface area (Å²) in [6.45, 7) is 12.9. The van der Waals surface area contributed by atoms with E-state index in [0.29, 0.717) is 51.8 Å². The minimum atomic E-state index is -4.80. The van der Waals surface area contributed by atoms with Gasteiger partial charge >= 0.3 is 12.3 Å². The summed E-state index contributed by atoms with van der Waals surface area (Å²) in [5.74, 6) is -1.28. The number of carbonyl (C=O) groups is 3. The van der Waals surface area contributed by atoms with E-state index in [-0.39, 0.29) is 31.5 Å². The van der Waals surface area contributed by atoms with E-state index in [9.17, 15) is 37.0 Å². The summed E-state index contributed by atoms with van der Waals surface area (Å²) in [5.41, 5.74) is -0.748. The first kappa shape index (κ1) is 47.8. The van der Waals surface area contributed by atoms with Gasteiger partial charge in [-0.15, -0.1) is 17.9 Å². The Morgan fingerprint density at radius 1 is 1.06 bits per heavy atom. The van der Waals surface area contributed by atoms with Gasteiger partial charge in [-0.25, -0.2) is 14.8 Å². The summed E-state index contributed by atoms with van der Waals surface area (Å²) in [4.78, 5) is 65.6. The molecule has 1 saturated heterocycles. The highest BCUT2D eigenvalue weighted by atomic mass is 32.1. The lowest BCUT2D eigenvalue weighted by Gasteiger charge is -2.36. The van der Waals surface area contributed by atoms with E-state index >= 15 is 0 Å². The summed E-state index contributed by atoms with van der Waals surface area (Å²) < 4.78 is 74.5. The fraction of sp³-hybridized carbons (Fsp3) is 0.500. The number of methoxy groups -OCH3 is 1. The fourth-order valence-corrected chi connectivity index (χ4v) is 12.0. The van der Waals surface area contributed by atoms with Crippen LogP contribution in [-0.2, 0) is 31.2 Å². The third kappa shape index (κ3) is 10.4. The molecule has 350 valence electrons. The number of thiazole rings is 1. The molecule has 3 amide bonds. The van der Waals surface area contributed by atoms with E-state index in [2.05, 4.69) is 22.5 Å². The predicted molar refractivity (Wildman–Crippen MR) is 242 cm³/mol. The monoisotopic (exact) mass is 940 g/mol. The molecule has 19 heteroatoms. The molecular weight excluding hydrogens is 885 g/mol. The van der Waals surface area contributed by atoms with Crippen molar-refractivity contribution in [2.24, 2.45) is 11.3 Å². The van der Waals surface area contributed by atoms with Crippen LogP contribution >= 0.6 is 18.7 Å². The van der Waals surface area contributed by atoms with Gasteiger partial charge in [-0.05, 0) is 75.1 Å². The largest absolute Gasteiger partial charge is 0.497 e. The van der Waals surface area contributed by atoms with Gasteiger partial charge in [-0.3, -0.25) is 14.2 Å². The SMILES string of the molecule is C=C[C@@H]1C[C@]1(NC(=O)[C@@H]1C[C@@H](Oc2cc(-c3csc(NC(C)C)n3)nc3cc(OC)ccc23)CN1C(=O)[C@@H](NC(=O)OC1CCCC1)C(C)(C)C)P(=O)(O)Cc1ccccc1C(F)(F)F. The van der Waals surface area contributed by atoms with E-state index in [1.807, 2.05) is 19.2 Å². The number of aromatic nitrogens is 2. The summed E-state index contributed by atoms with van der Waals surface area (Å²) in [6, 6.07) is 9.18. The third-order valence-corrected chi connectivity index (χ3v) is 15.6. The molecular formula is C46H56F3N6O8PS. The summed E-state index contributed by atoms with van der Waals surface area (Å²) in [5, 5.41) is 10.1. The molecule has 0 bridgehead atoms. The molecule has 2 aromatic carbocycles. The van der Waals surface area contributed by atoms with Crippen LogP contribution in [0.5, 0.6) is 11.5 Å². The highest BCUT2D eigenvalue weighted by molar-refractivity contribution is 7.59. The summed E-state index contributed by atoms with van der Waals surface area (Å²) >= 11 is 1.41. The van der Waals surface area contributed by atoms with Crippen molar-refractivity contribution in [3.05, 3.63) is 77.7 Å². The molecule has 65 heavy (non-hydrogen) atoms. The Balaban J connectivity index is 1.23. The number of ether oxygens (including phenoxy) is 3. The lowest BCUT2D eigenvalue weighted by Crippen LogP contribution is -2.58. The number of alkyl halides is 3. The smallest absolute Gasteiger partial charge is 0.416 e. The van der Waals surface area contributed by atoms with Gasteiger partial charge in [0.1, 0.15) is 46.8 Å². The van der Waals surface area contributed by atoms with Crippen molar-refractivity contribution in [3.8, 4) is 22.9 Å². The van der Waals surface area contributed by atoms with Crippen molar-refractivity contribution < 1.29 is 51.2 Å². The molecule has 2 aromatic heterocycles. The van der Waals surface area contributed by atoms with E-state index < -0.39 is 83.5 Å². The maximum Gasteiger partial charge on any atom is 0.416 e. The number of alkyl carbamates (subject to hydrolysis) is 1. The number of halogens is 3. The van der Waals surface area contributed by atoms with Crippen molar-refractivity contribution in [2.45, 2.75) is 121 Å². The molecule has 3 fully saturated rings. The van der Waals surface area contributed by atoms with Crippen LogP contribution in [0.15, 0.2) is 66.6 Å². The Bertz CT molecular complexity index is 2490. The van der Waals surface area contributed by atoms with Crippen LogP contribution in [0.4, 0.5) is 23.1 Å². The second-order valence-electron chi connectivity index (χ2n) is 18.4. The number of benzene rings is 2. The molecule has 2 saturated carbocycles. The zero-order valence-electron chi connectivity index (χ0n) is 37.2. The molecule has 1 aliphatic heterocycles. The number of hydrogen-bond donors (Lipinski definition) is 4. The summed E-state index contributed by atoms with van der Waals surface area (Å²) in [7, 11) is -3.14. The lowest BCUT2D eigenvalue weighted by atomic mass is 9.85. The van der Waals surface area contributed by atoms with E-state index in [1.165, 1.54) is 41.6 Å². The number of nitrogens with one attached hydrogen (secondary N) is 3. The van der Waals surface area contributed by atoms with Crippen molar-refractivity contribution >= 4 is 52.6 Å². The molecule has 3 aliphatic rings. The fourth-order valence-electron chi connectivity index (χ4n) is 8.71. The standard InChI is InChI=1S/C46H56F3N6O8PS/c1-8-28-22-45(28,64(59,60)24-27-13-9-12-16-33(27)46(47,48)49)54-40(56)37-20-31(23-55(37)41(57)39(44(4,5)6)53-43(58)63-29-14-10-11-15-29)62-38-21-35(36-25-65-42(52-36)50-26(2)3)51-34-19-30(61-7)17-18-32(34)38/h8-9,12-13,16-19,21,25-26,28-29,31,37,39H,1,10-11,14-15,20,22-24H2,2-7H3,(H,50,52)(H,53,58)(H,54,56)(H,59,60)/t28-,31-,37+,39-,45+/m1/s1. The van der Waals surface area contributed by atoms with Crippen LogP contribution in [0.1, 0.15) is 84.3 Å². The van der Waals surface area contributed by atoms with Crippen molar-refractivity contribution in [1.29, 1.82) is 0 Å². The van der Waals surface area contributed by atoms with Crippen LogP contribution in [0, 0.1) is 11.3 Å². The molecule has 1 unspecified atom stereocenters. The van der Waals surface area contributed by atoms with Crippen LogP contribution in [-0.4, -0.2) is 86.9 Å². The number of carbonyl (C=O) groups excluding carboxylic acids is 3. The Kier molecular flexibility index (Phi) is 13.7.